The highest BCUT2D eigenvalue weighted by atomic mass is 19.1. The maximum absolute atomic E-state index is 13.6. The van der Waals surface area contributed by atoms with Crippen molar-refractivity contribution in [1.82, 2.24) is 10.3 Å². The number of nitrogens with one attached hydrogen (secondary N) is 1. The Kier molecular flexibility index (Phi) is 17.6. The Hall–Kier alpha value is -3.36. The first-order chi connectivity index (χ1) is 23.3. The number of ketones is 1. The van der Waals surface area contributed by atoms with Crippen LogP contribution in [-0.2, 0) is 24.0 Å². The molecule has 0 unspecified atom stereocenters. The number of hydrogen-bond donors (Lipinski definition) is 1. The lowest BCUT2D eigenvalue weighted by Gasteiger charge is -2.30. The summed E-state index contributed by atoms with van der Waals surface area (Å²) in [6.07, 6.45) is 21.4. The fourth-order valence-electron chi connectivity index (χ4n) is 6.30. The third kappa shape index (κ3) is 12.3. The van der Waals surface area contributed by atoms with Crippen LogP contribution in [-0.4, -0.2) is 53.3 Å². The molecule has 0 bridgehead atoms. The molecule has 2 heterocycles. The van der Waals surface area contributed by atoms with Gasteiger partial charge in [-0.2, -0.15) is 0 Å². The van der Waals surface area contributed by atoms with Crippen LogP contribution in [0, 0.1) is 5.92 Å². The SMILES string of the molecule is CCCCCCCCCCCCCCCCCCOC(=O)C[C@H](NC(=O)[C@]1(C(C)C)CC(c2nccc3ccccc23)=NO1)C(=O)CF. The van der Waals surface area contributed by atoms with Crippen molar-refractivity contribution in [1.29, 1.82) is 0 Å². The average molecular weight is 668 g/mol. The number of amides is 1. The number of nitrogens with zero attached hydrogens (tertiary/aromatic N) is 2. The number of aromatic nitrogens is 1. The van der Waals surface area contributed by atoms with Crippen LogP contribution < -0.4 is 5.32 Å². The molecule has 1 N–H and O–H groups in total. The molecule has 2 aromatic rings. The number of ether oxygens (including phenoxy) is 1. The molecule has 1 aromatic heterocycles. The van der Waals surface area contributed by atoms with Crippen LogP contribution >= 0.6 is 0 Å². The average Bonchev–Trinajstić information content (AvgIpc) is 3.56. The van der Waals surface area contributed by atoms with Crippen molar-refractivity contribution in [2.24, 2.45) is 11.1 Å². The van der Waals surface area contributed by atoms with Crippen molar-refractivity contribution < 1.29 is 28.3 Å². The van der Waals surface area contributed by atoms with Gasteiger partial charge in [0, 0.05) is 23.9 Å². The molecule has 2 atom stereocenters. The van der Waals surface area contributed by atoms with Gasteiger partial charge in [-0.3, -0.25) is 19.4 Å². The summed E-state index contributed by atoms with van der Waals surface area (Å²) in [6.45, 7) is 4.80. The van der Waals surface area contributed by atoms with Crippen molar-refractivity contribution in [3.63, 3.8) is 0 Å². The molecule has 0 saturated heterocycles. The molecule has 3 rings (SSSR count). The summed E-state index contributed by atoms with van der Waals surface area (Å²) in [4.78, 5) is 49.0. The molecule has 0 radical (unpaired) electrons. The van der Waals surface area contributed by atoms with Crippen molar-refractivity contribution in [3.05, 3.63) is 42.2 Å². The number of alkyl halides is 1. The lowest BCUT2D eigenvalue weighted by atomic mass is 9.83. The monoisotopic (exact) mass is 667 g/mol. The van der Waals surface area contributed by atoms with E-state index in [9.17, 15) is 18.8 Å². The second kappa shape index (κ2) is 21.6. The number of esters is 1. The second-order valence-corrected chi connectivity index (χ2v) is 13.6. The van der Waals surface area contributed by atoms with Crippen molar-refractivity contribution in [2.45, 2.75) is 148 Å². The van der Waals surface area contributed by atoms with Gasteiger partial charge in [0.05, 0.1) is 18.7 Å². The summed E-state index contributed by atoms with van der Waals surface area (Å²) in [5, 5.41) is 8.67. The summed E-state index contributed by atoms with van der Waals surface area (Å²) in [6, 6.07) is 8.26. The highest BCUT2D eigenvalue weighted by molar-refractivity contribution is 6.12. The van der Waals surface area contributed by atoms with Crippen LogP contribution in [0.15, 0.2) is 41.7 Å². The van der Waals surface area contributed by atoms with Crippen LogP contribution in [0.1, 0.15) is 142 Å². The maximum atomic E-state index is 13.6. The van der Waals surface area contributed by atoms with Crippen LogP contribution in [0.3, 0.4) is 0 Å². The third-order valence-electron chi connectivity index (χ3n) is 9.47. The van der Waals surface area contributed by atoms with Gasteiger partial charge >= 0.3 is 5.97 Å². The summed E-state index contributed by atoms with van der Waals surface area (Å²) in [5.41, 5.74) is -0.333. The Morgan fingerprint density at radius 3 is 2.04 bits per heavy atom. The van der Waals surface area contributed by atoms with E-state index in [-0.39, 0.29) is 18.9 Å². The Bertz CT molecular complexity index is 1310. The molecule has 48 heavy (non-hydrogen) atoms. The first kappa shape index (κ1) is 39.1. The zero-order valence-electron chi connectivity index (χ0n) is 29.6. The summed E-state index contributed by atoms with van der Waals surface area (Å²) in [5.74, 6) is -2.52. The molecular formula is C39H58FN3O5. The van der Waals surface area contributed by atoms with Crippen LogP contribution in [0.2, 0.25) is 0 Å². The third-order valence-corrected chi connectivity index (χ3v) is 9.47. The Morgan fingerprint density at radius 1 is 0.875 bits per heavy atom. The second-order valence-electron chi connectivity index (χ2n) is 13.6. The fraction of sp³-hybridized carbons (Fsp3) is 0.667. The van der Waals surface area contributed by atoms with Gasteiger partial charge in [-0.25, -0.2) is 4.39 Å². The molecular weight excluding hydrogens is 609 g/mol. The zero-order valence-corrected chi connectivity index (χ0v) is 29.6. The van der Waals surface area contributed by atoms with E-state index in [1.165, 1.54) is 83.5 Å². The molecule has 1 aromatic carbocycles. The molecule has 1 amide bonds. The number of hydrogen-bond acceptors (Lipinski definition) is 7. The molecule has 266 valence electrons. The van der Waals surface area contributed by atoms with Crippen molar-refractivity contribution in [3.8, 4) is 0 Å². The van der Waals surface area contributed by atoms with Gasteiger partial charge < -0.3 is 14.9 Å². The summed E-state index contributed by atoms with van der Waals surface area (Å²) >= 11 is 0. The van der Waals surface area contributed by atoms with Crippen LogP contribution in [0.25, 0.3) is 10.8 Å². The van der Waals surface area contributed by atoms with E-state index in [0.29, 0.717) is 11.4 Å². The van der Waals surface area contributed by atoms with Gasteiger partial charge in [-0.1, -0.05) is 147 Å². The smallest absolute Gasteiger partial charge is 0.308 e. The van der Waals surface area contributed by atoms with E-state index >= 15 is 0 Å². The normalized spacial score (nSPS) is 16.5. The largest absolute Gasteiger partial charge is 0.466 e. The number of carbonyl (C=O) groups is 3. The maximum Gasteiger partial charge on any atom is 0.308 e. The number of halogens is 1. The quantitative estimate of drug-likeness (QED) is 0.0837. The standard InChI is InChI=1S/C39H58FN3O5/c1-4-5-6-7-8-9-10-11-12-13-14-15-16-17-18-21-26-47-36(45)27-33(35(44)29-40)42-38(46)39(30(2)3)28-34(43-48-39)37-32-23-20-19-22-31(32)24-25-41-37/h19-20,22-25,30,33H,4-18,21,26-29H2,1-3H3,(H,42,46)/t33-,39+/m0/s1. The van der Waals surface area contributed by atoms with E-state index in [0.717, 1.165) is 30.0 Å². The summed E-state index contributed by atoms with van der Waals surface area (Å²) < 4.78 is 18.9. The number of oxime groups is 1. The number of Topliss-reactive ketones (excluding diaryl/α,β-unsaturated/α-hetero) is 1. The minimum absolute atomic E-state index is 0.109. The Balaban J connectivity index is 1.35. The predicted octanol–water partition coefficient (Wildman–Crippen LogP) is 8.97. The minimum Gasteiger partial charge on any atom is -0.466 e. The molecule has 0 aliphatic carbocycles. The van der Waals surface area contributed by atoms with Gasteiger partial charge in [0.2, 0.25) is 5.60 Å². The number of unbranched alkanes of at least 4 members (excludes halogenated alkanes) is 15. The Morgan fingerprint density at radius 2 is 1.46 bits per heavy atom. The highest BCUT2D eigenvalue weighted by Gasteiger charge is 2.51. The number of benzene rings is 1. The number of rotatable bonds is 25. The topological polar surface area (TPSA) is 107 Å². The predicted molar refractivity (Wildman–Crippen MR) is 190 cm³/mol. The van der Waals surface area contributed by atoms with E-state index in [1.54, 1.807) is 6.20 Å². The van der Waals surface area contributed by atoms with Crippen molar-refractivity contribution in [2.75, 3.05) is 13.3 Å². The number of fused-ring (bicyclic) bond motifs is 1. The molecule has 0 saturated carbocycles. The van der Waals surface area contributed by atoms with Gasteiger partial charge in [-0.05, 0) is 17.9 Å². The van der Waals surface area contributed by atoms with Gasteiger partial charge in [0.15, 0.2) is 5.78 Å². The number of carbonyl (C=O) groups excluding carboxylic acids is 3. The highest BCUT2D eigenvalue weighted by Crippen LogP contribution is 2.35. The van der Waals surface area contributed by atoms with Crippen molar-refractivity contribution >= 4 is 34.1 Å². The first-order valence-electron chi connectivity index (χ1n) is 18.5. The molecule has 8 nitrogen and oxygen atoms in total. The molecule has 9 heteroatoms. The lowest BCUT2D eigenvalue weighted by Crippen LogP contribution is -2.55. The zero-order chi connectivity index (χ0) is 34.6. The van der Waals surface area contributed by atoms with E-state index < -0.39 is 42.4 Å². The molecule has 1 aliphatic rings. The molecule has 0 spiro atoms. The van der Waals surface area contributed by atoms with Gasteiger partial charge in [0.1, 0.15) is 18.4 Å². The number of pyridine rings is 1. The first-order valence-corrected chi connectivity index (χ1v) is 18.5. The lowest BCUT2D eigenvalue weighted by molar-refractivity contribution is -0.153. The van der Waals surface area contributed by atoms with E-state index in [1.807, 2.05) is 44.2 Å². The van der Waals surface area contributed by atoms with Gasteiger partial charge in [0.25, 0.3) is 5.91 Å². The van der Waals surface area contributed by atoms with E-state index in [2.05, 4.69) is 22.4 Å². The van der Waals surface area contributed by atoms with Crippen LogP contribution in [0.5, 0.6) is 0 Å². The molecule has 0 fully saturated rings. The van der Waals surface area contributed by atoms with Crippen LogP contribution in [0.4, 0.5) is 4.39 Å². The van der Waals surface area contributed by atoms with E-state index in [4.69, 9.17) is 9.57 Å². The fourth-order valence-corrected chi connectivity index (χ4v) is 6.30. The Labute approximate surface area is 287 Å². The minimum atomic E-state index is -1.44. The summed E-state index contributed by atoms with van der Waals surface area (Å²) in [7, 11) is 0. The van der Waals surface area contributed by atoms with Gasteiger partial charge in [-0.15, -0.1) is 0 Å². The molecule has 1 aliphatic heterocycles.